The van der Waals surface area contributed by atoms with E-state index in [1.165, 1.54) is 40.6 Å². The van der Waals surface area contributed by atoms with E-state index in [1.807, 2.05) is 6.07 Å². The molecule has 7 nitrogen and oxygen atoms in total. The number of fused-ring (bicyclic) bond motifs is 3. The molecule has 2 aromatic carbocycles. The Morgan fingerprint density at radius 2 is 1.76 bits per heavy atom. The molecule has 4 aromatic rings. The summed E-state index contributed by atoms with van der Waals surface area (Å²) in [5, 5.41) is 9.35. The van der Waals surface area contributed by atoms with E-state index >= 15 is 0 Å². The normalized spacial score (nSPS) is 12.3. The van der Waals surface area contributed by atoms with E-state index in [-0.39, 0.29) is 5.56 Å². The first kappa shape index (κ1) is 19.5. The number of aromatic nitrogens is 4. The van der Waals surface area contributed by atoms with Crippen molar-refractivity contribution >= 4 is 38.3 Å². The van der Waals surface area contributed by atoms with E-state index < -0.39 is 20.5 Å². The van der Waals surface area contributed by atoms with Gasteiger partial charge in [0.1, 0.15) is 0 Å². The molecule has 0 aliphatic carbocycles. The molecular formula is C18H14F2N4O3S2. The lowest BCUT2D eigenvalue weighted by atomic mass is 10.2. The molecule has 0 amide bonds. The van der Waals surface area contributed by atoms with Crippen molar-refractivity contribution < 1.29 is 17.2 Å². The van der Waals surface area contributed by atoms with E-state index in [0.717, 1.165) is 5.56 Å². The van der Waals surface area contributed by atoms with Crippen LogP contribution in [0.4, 0.5) is 8.78 Å². The SMILES string of the molecule is Cn1c(=O)c2ccccc2n2c(SCc3ccc(S(=O)(=O)C(F)F)cc3)nnc12. The van der Waals surface area contributed by atoms with Crippen molar-refractivity contribution in [3.05, 3.63) is 64.4 Å². The smallest absolute Gasteiger partial charge is 0.279 e. The number of rotatable bonds is 5. The van der Waals surface area contributed by atoms with Crippen molar-refractivity contribution in [2.75, 3.05) is 0 Å². The molecule has 0 aliphatic rings. The second-order valence-electron chi connectivity index (χ2n) is 6.24. The zero-order chi connectivity index (χ0) is 20.8. The highest BCUT2D eigenvalue weighted by Crippen LogP contribution is 2.25. The van der Waals surface area contributed by atoms with Crippen molar-refractivity contribution in [2.45, 2.75) is 21.6 Å². The standard InChI is InChI=1S/C18H14F2N4O3S2/c1-23-15(25)13-4-2-3-5-14(13)24-17(23)21-22-18(24)28-10-11-6-8-12(9-7-11)29(26,27)16(19)20/h2-9,16H,10H2,1H3. The van der Waals surface area contributed by atoms with E-state index in [9.17, 15) is 22.0 Å². The maximum Gasteiger partial charge on any atom is 0.341 e. The number of thioether (sulfide) groups is 1. The van der Waals surface area contributed by atoms with E-state index in [0.29, 0.717) is 27.6 Å². The summed E-state index contributed by atoms with van der Waals surface area (Å²) in [4.78, 5) is 12.0. The molecule has 0 unspecified atom stereocenters. The summed E-state index contributed by atoms with van der Waals surface area (Å²) in [7, 11) is -2.99. The Hall–Kier alpha value is -2.79. The number of alkyl halides is 2. The van der Waals surface area contributed by atoms with Gasteiger partial charge in [0, 0.05) is 12.8 Å². The summed E-state index contributed by atoms with van der Waals surface area (Å²) >= 11 is 1.34. The molecule has 0 spiro atoms. The lowest BCUT2D eigenvalue weighted by molar-refractivity contribution is 0.234. The average Bonchev–Trinajstić information content (AvgIpc) is 3.15. The Labute approximate surface area is 167 Å². The van der Waals surface area contributed by atoms with Gasteiger partial charge < -0.3 is 0 Å². The van der Waals surface area contributed by atoms with Crippen LogP contribution in [0.1, 0.15) is 5.56 Å². The van der Waals surface area contributed by atoms with Gasteiger partial charge in [0.25, 0.3) is 5.56 Å². The van der Waals surface area contributed by atoms with Crippen LogP contribution < -0.4 is 5.56 Å². The number of nitrogens with zero attached hydrogens (tertiary/aromatic N) is 4. The fourth-order valence-corrected chi connectivity index (χ4v) is 4.55. The number of benzene rings is 2. The van der Waals surface area contributed by atoms with Crippen molar-refractivity contribution in [1.82, 2.24) is 19.2 Å². The van der Waals surface area contributed by atoms with Gasteiger partial charge in [-0.05, 0) is 29.8 Å². The highest BCUT2D eigenvalue weighted by Gasteiger charge is 2.26. The minimum absolute atomic E-state index is 0.173. The number of aryl methyl sites for hydroxylation is 1. The molecule has 4 rings (SSSR count). The molecular weight excluding hydrogens is 422 g/mol. The van der Waals surface area contributed by atoms with Crippen molar-refractivity contribution in [2.24, 2.45) is 7.05 Å². The van der Waals surface area contributed by atoms with Crippen molar-refractivity contribution in [3.8, 4) is 0 Å². The molecule has 0 radical (unpaired) electrons. The fraction of sp³-hybridized carbons (Fsp3) is 0.167. The molecule has 150 valence electrons. The van der Waals surface area contributed by atoms with E-state index in [4.69, 9.17) is 0 Å². The number of halogens is 2. The molecule has 29 heavy (non-hydrogen) atoms. The molecule has 2 aromatic heterocycles. The first-order chi connectivity index (χ1) is 13.8. The largest absolute Gasteiger partial charge is 0.341 e. The Bertz CT molecular complexity index is 1380. The molecule has 0 N–H and O–H groups in total. The third kappa shape index (κ3) is 3.29. The van der Waals surface area contributed by atoms with Crippen LogP contribution in [0.15, 0.2) is 63.4 Å². The van der Waals surface area contributed by atoms with Crippen molar-refractivity contribution in [1.29, 1.82) is 0 Å². The molecule has 0 aliphatic heterocycles. The zero-order valence-electron chi connectivity index (χ0n) is 15.0. The Balaban J connectivity index is 1.67. The van der Waals surface area contributed by atoms with Gasteiger partial charge in [0.15, 0.2) is 5.16 Å². The lowest BCUT2D eigenvalue weighted by Crippen LogP contribution is -2.20. The maximum atomic E-state index is 12.6. The number of sulfone groups is 1. The Morgan fingerprint density at radius 1 is 1.07 bits per heavy atom. The topological polar surface area (TPSA) is 86.3 Å². The Kier molecular flexibility index (Phi) is 4.87. The second kappa shape index (κ2) is 7.23. The molecule has 0 saturated carbocycles. The quantitative estimate of drug-likeness (QED) is 0.447. The van der Waals surface area contributed by atoms with Gasteiger partial charge >= 0.3 is 5.76 Å². The predicted octanol–water partition coefficient (Wildman–Crippen LogP) is 2.87. The van der Waals surface area contributed by atoms with Gasteiger partial charge in [-0.15, -0.1) is 10.2 Å². The van der Waals surface area contributed by atoms with E-state index in [1.54, 1.807) is 29.6 Å². The van der Waals surface area contributed by atoms with E-state index in [2.05, 4.69) is 10.2 Å². The first-order valence-corrected chi connectivity index (χ1v) is 10.9. The highest BCUT2D eigenvalue weighted by atomic mass is 32.2. The van der Waals surface area contributed by atoms with Crippen LogP contribution >= 0.6 is 11.8 Å². The zero-order valence-corrected chi connectivity index (χ0v) is 16.6. The summed E-state index contributed by atoms with van der Waals surface area (Å²) < 4.78 is 51.5. The minimum Gasteiger partial charge on any atom is -0.279 e. The van der Waals surface area contributed by atoms with Crippen LogP contribution in [0.2, 0.25) is 0 Å². The maximum absolute atomic E-state index is 12.6. The van der Waals surface area contributed by atoms with Gasteiger partial charge in [0.2, 0.25) is 15.6 Å². The molecule has 2 heterocycles. The number of para-hydroxylation sites is 1. The molecule has 11 heteroatoms. The van der Waals surface area contributed by atoms with Crippen LogP contribution in [0.5, 0.6) is 0 Å². The fourth-order valence-electron chi connectivity index (χ4n) is 2.93. The van der Waals surface area contributed by atoms with Gasteiger partial charge in [-0.1, -0.05) is 36.0 Å². The van der Waals surface area contributed by atoms with Gasteiger partial charge in [-0.3, -0.25) is 13.8 Å². The molecule has 0 fully saturated rings. The number of hydrogen-bond acceptors (Lipinski definition) is 6. The van der Waals surface area contributed by atoms with Crippen LogP contribution in [-0.2, 0) is 22.6 Å². The van der Waals surface area contributed by atoms with Crippen molar-refractivity contribution in [3.63, 3.8) is 0 Å². The van der Waals surface area contributed by atoms with Crippen LogP contribution in [0.3, 0.4) is 0 Å². The molecule has 0 saturated heterocycles. The summed E-state index contributed by atoms with van der Waals surface area (Å²) in [6.07, 6.45) is 0. The summed E-state index contributed by atoms with van der Waals surface area (Å²) in [5.74, 6) is -2.65. The minimum atomic E-state index is -4.61. The van der Waals surface area contributed by atoms with Gasteiger partial charge in [-0.2, -0.15) is 8.78 Å². The third-order valence-electron chi connectivity index (χ3n) is 4.45. The highest BCUT2D eigenvalue weighted by molar-refractivity contribution is 7.98. The lowest BCUT2D eigenvalue weighted by Gasteiger charge is -2.08. The Morgan fingerprint density at radius 3 is 2.45 bits per heavy atom. The molecule has 0 bridgehead atoms. The monoisotopic (exact) mass is 436 g/mol. The summed E-state index contributed by atoms with van der Waals surface area (Å²) in [6.45, 7) is 0. The second-order valence-corrected chi connectivity index (χ2v) is 9.10. The number of hydrogen-bond donors (Lipinski definition) is 0. The van der Waals surface area contributed by atoms with Gasteiger partial charge in [0.05, 0.1) is 15.8 Å². The predicted molar refractivity (Wildman–Crippen MR) is 105 cm³/mol. The van der Waals surface area contributed by atoms with Crippen LogP contribution in [-0.4, -0.2) is 33.3 Å². The average molecular weight is 436 g/mol. The van der Waals surface area contributed by atoms with Crippen LogP contribution in [0, 0.1) is 0 Å². The summed E-state index contributed by atoms with van der Waals surface area (Å²) in [5.41, 5.74) is 1.23. The third-order valence-corrected chi connectivity index (χ3v) is 6.85. The summed E-state index contributed by atoms with van der Waals surface area (Å²) in [6, 6.07) is 12.4. The van der Waals surface area contributed by atoms with Gasteiger partial charge in [-0.25, -0.2) is 8.42 Å². The first-order valence-electron chi connectivity index (χ1n) is 8.37. The van der Waals surface area contributed by atoms with Crippen LogP contribution in [0.25, 0.3) is 16.7 Å². The molecule has 0 atom stereocenters.